The van der Waals surface area contributed by atoms with Crippen LogP contribution >= 0.6 is 0 Å². The lowest BCUT2D eigenvalue weighted by Crippen LogP contribution is -2.49. The molecule has 1 aliphatic heterocycles. The van der Waals surface area contributed by atoms with Gasteiger partial charge in [0.1, 0.15) is 0 Å². The van der Waals surface area contributed by atoms with Crippen molar-refractivity contribution >= 4 is 6.03 Å². The van der Waals surface area contributed by atoms with Crippen molar-refractivity contribution in [1.82, 2.24) is 10.2 Å². The summed E-state index contributed by atoms with van der Waals surface area (Å²) in [6.07, 6.45) is 7.25. The second kappa shape index (κ2) is 7.99. The molecule has 2 aliphatic rings. The van der Waals surface area contributed by atoms with Gasteiger partial charge in [-0.15, -0.1) is 0 Å². The minimum atomic E-state index is -0.358. The van der Waals surface area contributed by atoms with Crippen LogP contribution in [0.4, 0.5) is 4.79 Å². The van der Waals surface area contributed by atoms with Crippen molar-refractivity contribution in [2.45, 2.75) is 58.0 Å². The number of hydrogen-bond acceptors (Lipinski definition) is 3. The molecule has 0 unspecified atom stereocenters. The first-order valence-corrected chi connectivity index (χ1v) is 8.44. The summed E-state index contributed by atoms with van der Waals surface area (Å²) in [5, 5.41) is 12.8. The molecule has 0 spiro atoms. The number of aliphatic hydroxyl groups is 1. The van der Waals surface area contributed by atoms with Crippen LogP contribution in [0, 0.1) is 5.41 Å². The van der Waals surface area contributed by atoms with Gasteiger partial charge in [-0.2, -0.15) is 0 Å². The van der Waals surface area contributed by atoms with Gasteiger partial charge in [-0.05, 0) is 44.4 Å². The van der Waals surface area contributed by atoms with Crippen molar-refractivity contribution < 1.29 is 14.6 Å². The average molecular weight is 298 g/mol. The van der Waals surface area contributed by atoms with Gasteiger partial charge in [0.05, 0.1) is 6.10 Å². The number of rotatable bonds is 6. The van der Waals surface area contributed by atoms with Crippen LogP contribution in [0.2, 0.25) is 0 Å². The smallest absolute Gasteiger partial charge is 0.317 e. The summed E-state index contributed by atoms with van der Waals surface area (Å²) in [5.74, 6) is 0. The number of nitrogens with one attached hydrogen (secondary N) is 1. The molecule has 1 saturated carbocycles. The van der Waals surface area contributed by atoms with Gasteiger partial charge in [0, 0.05) is 32.8 Å². The van der Waals surface area contributed by atoms with E-state index in [2.05, 4.69) is 5.32 Å². The third-order valence-electron chi connectivity index (χ3n) is 4.94. The van der Waals surface area contributed by atoms with Gasteiger partial charge < -0.3 is 20.1 Å². The Labute approximate surface area is 128 Å². The molecule has 2 rings (SSSR count). The zero-order valence-corrected chi connectivity index (χ0v) is 13.3. The number of urea groups is 1. The van der Waals surface area contributed by atoms with E-state index in [0.29, 0.717) is 6.54 Å². The third-order valence-corrected chi connectivity index (χ3v) is 4.94. The summed E-state index contributed by atoms with van der Waals surface area (Å²) < 4.78 is 5.50. The Morgan fingerprint density at radius 1 is 1.38 bits per heavy atom. The summed E-state index contributed by atoms with van der Waals surface area (Å²) in [6.45, 7) is 5.53. The summed E-state index contributed by atoms with van der Waals surface area (Å²) in [5.41, 5.74) is 0.221. The average Bonchev–Trinajstić information content (AvgIpc) is 2.94. The molecule has 2 fully saturated rings. The molecule has 0 aromatic carbocycles. The lowest BCUT2D eigenvalue weighted by Gasteiger charge is -2.33. The molecule has 2 N–H and O–H groups in total. The molecule has 0 aromatic rings. The molecule has 5 nitrogen and oxygen atoms in total. The maximum Gasteiger partial charge on any atom is 0.317 e. The van der Waals surface area contributed by atoms with E-state index in [9.17, 15) is 9.90 Å². The normalized spacial score (nSPS) is 25.0. The minimum Gasteiger partial charge on any atom is -0.391 e. The molecule has 0 bridgehead atoms. The van der Waals surface area contributed by atoms with Crippen LogP contribution in [0.1, 0.15) is 51.9 Å². The first-order chi connectivity index (χ1) is 10.2. The highest BCUT2D eigenvalue weighted by atomic mass is 16.5. The predicted octanol–water partition coefficient (Wildman–Crippen LogP) is 2.14. The number of likely N-dealkylation sites (tertiary alicyclic amines) is 1. The van der Waals surface area contributed by atoms with E-state index in [-0.39, 0.29) is 17.6 Å². The van der Waals surface area contributed by atoms with E-state index in [1.165, 1.54) is 25.7 Å². The summed E-state index contributed by atoms with van der Waals surface area (Å²) in [6, 6.07) is -0.0172. The molecule has 2 amide bonds. The van der Waals surface area contributed by atoms with Crippen molar-refractivity contribution in [1.29, 1.82) is 0 Å². The molecular weight excluding hydrogens is 268 g/mol. The fraction of sp³-hybridized carbons (Fsp3) is 0.938. The fourth-order valence-electron chi connectivity index (χ4n) is 3.59. The van der Waals surface area contributed by atoms with Crippen LogP contribution in [0.15, 0.2) is 0 Å². The second-order valence-corrected chi connectivity index (χ2v) is 6.55. The van der Waals surface area contributed by atoms with E-state index in [0.717, 1.165) is 45.6 Å². The van der Waals surface area contributed by atoms with Gasteiger partial charge in [-0.3, -0.25) is 0 Å². The van der Waals surface area contributed by atoms with Crippen LogP contribution < -0.4 is 5.32 Å². The van der Waals surface area contributed by atoms with Gasteiger partial charge in [0.2, 0.25) is 0 Å². The van der Waals surface area contributed by atoms with Crippen LogP contribution in [0.5, 0.6) is 0 Å². The molecule has 0 radical (unpaired) electrons. The van der Waals surface area contributed by atoms with Gasteiger partial charge in [0.25, 0.3) is 0 Å². The topological polar surface area (TPSA) is 61.8 Å². The monoisotopic (exact) mass is 298 g/mol. The minimum absolute atomic E-state index is 0.0172. The van der Waals surface area contributed by atoms with Crippen LogP contribution in [0.25, 0.3) is 0 Å². The standard InChI is InChI=1S/C16H30N2O3/c1-2-21-11-9-16(7-3-4-8-16)13-17-15(20)18-10-5-6-14(19)12-18/h14,19H,2-13H2,1H3,(H,17,20)/t14-/m0/s1. The Morgan fingerprint density at radius 3 is 2.81 bits per heavy atom. The predicted molar refractivity (Wildman–Crippen MR) is 82.2 cm³/mol. The van der Waals surface area contributed by atoms with E-state index in [1.54, 1.807) is 4.90 Å². The maximum absolute atomic E-state index is 12.2. The van der Waals surface area contributed by atoms with Crippen molar-refractivity contribution in [3.8, 4) is 0 Å². The maximum atomic E-state index is 12.2. The zero-order chi connectivity index (χ0) is 15.1. The van der Waals surface area contributed by atoms with Crippen molar-refractivity contribution in [3.63, 3.8) is 0 Å². The molecule has 1 heterocycles. The number of amides is 2. The summed E-state index contributed by atoms with van der Waals surface area (Å²) >= 11 is 0. The fourth-order valence-corrected chi connectivity index (χ4v) is 3.59. The number of ether oxygens (including phenoxy) is 1. The highest BCUT2D eigenvalue weighted by Crippen LogP contribution is 2.40. The van der Waals surface area contributed by atoms with Gasteiger partial charge in [-0.1, -0.05) is 12.8 Å². The van der Waals surface area contributed by atoms with Crippen molar-refractivity contribution in [3.05, 3.63) is 0 Å². The molecule has 1 aliphatic carbocycles. The first-order valence-electron chi connectivity index (χ1n) is 8.44. The zero-order valence-electron chi connectivity index (χ0n) is 13.3. The molecule has 21 heavy (non-hydrogen) atoms. The summed E-state index contributed by atoms with van der Waals surface area (Å²) in [7, 11) is 0. The Balaban J connectivity index is 1.79. The number of carbonyl (C=O) groups is 1. The first kappa shape index (κ1) is 16.6. The van der Waals surface area contributed by atoms with E-state index in [1.807, 2.05) is 6.92 Å². The van der Waals surface area contributed by atoms with Crippen molar-refractivity contribution in [2.24, 2.45) is 5.41 Å². The van der Waals surface area contributed by atoms with Crippen LogP contribution in [-0.2, 0) is 4.74 Å². The molecule has 0 aromatic heterocycles. The Bertz CT molecular complexity index is 329. The third kappa shape index (κ3) is 4.85. The lowest BCUT2D eigenvalue weighted by atomic mass is 9.83. The quantitative estimate of drug-likeness (QED) is 0.739. The highest BCUT2D eigenvalue weighted by Gasteiger charge is 2.34. The molecule has 122 valence electrons. The lowest BCUT2D eigenvalue weighted by molar-refractivity contribution is 0.0801. The number of β-amino-alcohol motifs (C(OH)–C–C–N with tert-alkyl or cyclic N) is 1. The Morgan fingerprint density at radius 2 is 2.14 bits per heavy atom. The Kier molecular flexibility index (Phi) is 6.30. The molecule has 1 saturated heterocycles. The van der Waals surface area contributed by atoms with Crippen molar-refractivity contribution in [2.75, 3.05) is 32.8 Å². The number of hydrogen-bond donors (Lipinski definition) is 2. The number of aliphatic hydroxyl groups excluding tert-OH is 1. The number of piperidine rings is 1. The van der Waals surface area contributed by atoms with Gasteiger partial charge in [0.15, 0.2) is 0 Å². The largest absolute Gasteiger partial charge is 0.391 e. The van der Waals surface area contributed by atoms with Crippen LogP contribution in [0.3, 0.4) is 0 Å². The second-order valence-electron chi connectivity index (χ2n) is 6.55. The molecular formula is C16H30N2O3. The van der Waals surface area contributed by atoms with Gasteiger partial charge >= 0.3 is 6.03 Å². The van der Waals surface area contributed by atoms with E-state index < -0.39 is 0 Å². The van der Waals surface area contributed by atoms with Crippen LogP contribution in [-0.4, -0.2) is 55.0 Å². The Hall–Kier alpha value is -0.810. The number of carbonyl (C=O) groups excluding carboxylic acids is 1. The molecule has 5 heteroatoms. The van der Waals surface area contributed by atoms with Gasteiger partial charge in [-0.25, -0.2) is 4.79 Å². The van der Waals surface area contributed by atoms with E-state index in [4.69, 9.17) is 4.74 Å². The molecule has 1 atom stereocenters. The highest BCUT2D eigenvalue weighted by molar-refractivity contribution is 5.74. The SMILES string of the molecule is CCOCCC1(CNC(=O)N2CCC[C@H](O)C2)CCCC1. The van der Waals surface area contributed by atoms with E-state index >= 15 is 0 Å². The summed E-state index contributed by atoms with van der Waals surface area (Å²) in [4.78, 5) is 14.0. The number of nitrogens with zero attached hydrogens (tertiary/aromatic N) is 1.